The number of anilines is 1. The number of morpholine rings is 1. The second-order valence-electron chi connectivity index (χ2n) is 4.79. The molecule has 1 aliphatic heterocycles. The van der Waals surface area contributed by atoms with Gasteiger partial charge in [0.15, 0.2) is 0 Å². The average molecular weight is 358 g/mol. The van der Waals surface area contributed by atoms with Crippen LogP contribution in [0.15, 0.2) is 22.7 Å². The van der Waals surface area contributed by atoms with Gasteiger partial charge in [0.1, 0.15) is 4.99 Å². The van der Waals surface area contributed by atoms with E-state index in [9.17, 15) is 0 Å². The van der Waals surface area contributed by atoms with Crippen molar-refractivity contribution in [2.75, 3.05) is 44.7 Å². The summed E-state index contributed by atoms with van der Waals surface area (Å²) >= 11 is 8.55. The van der Waals surface area contributed by atoms with Crippen LogP contribution in [-0.4, -0.2) is 49.3 Å². The van der Waals surface area contributed by atoms with Crippen LogP contribution in [-0.2, 0) is 4.74 Å². The van der Waals surface area contributed by atoms with Gasteiger partial charge in [-0.25, -0.2) is 0 Å². The highest BCUT2D eigenvalue weighted by Gasteiger charge is 2.10. The number of thiocarbonyl (C=S) groups is 1. The minimum atomic E-state index is 0.424. The number of rotatable bonds is 6. The molecule has 2 rings (SSSR count). The highest BCUT2D eigenvalue weighted by molar-refractivity contribution is 9.10. The highest BCUT2D eigenvalue weighted by atomic mass is 79.9. The molecule has 0 spiro atoms. The second kappa shape index (κ2) is 7.93. The maximum absolute atomic E-state index is 5.74. The van der Waals surface area contributed by atoms with Crippen LogP contribution in [0.3, 0.4) is 0 Å². The van der Waals surface area contributed by atoms with Crippen molar-refractivity contribution in [2.24, 2.45) is 5.73 Å². The van der Waals surface area contributed by atoms with Gasteiger partial charge in [0.05, 0.1) is 13.2 Å². The zero-order chi connectivity index (χ0) is 14.4. The van der Waals surface area contributed by atoms with Crippen molar-refractivity contribution >= 4 is 38.8 Å². The molecule has 1 saturated heterocycles. The molecule has 110 valence electrons. The van der Waals surface area contributed by atoms with E-state index in [0.717, 1.165) is 61.5 Å². The van der Waals surface area contributed by atoms with Gasteiger partial charge in [-0.2, -0.15) is 0 Å². The van der Waals surface area contributed by atoms with Crippen molar-refractivity contribution < 1.29 is 4.74 Å². The molecule has 0 amide bonds. The lowest BCUT2D eigenvalue weighted by Gasteiger charge is -2.26. The zero-order valence-corrected chi connectivity index (χ0v) is 13.8. The van der Waals surface area contributed by atoms with Gasteiger partial charge in [0.2, 0.25) is 0 Å². The summed E-state index contributed by atoms with van der Waals surface area (Å²) in [5, 5.41) is 3.42. The molecule has 0 radical (unpaired) electrons. The summed E-state index contributed by atoms with van der Waals surface area (Å²) in [5.74, 6) is 0. The summed E-state index contributed by atoms with van der Waals surface area (Å²) < 4.78 is 6.36. The van der Waals surface area contributed by atoms with E-state index in [1.807, 2.05) is 18.2 Å². The van der Waals surface area contributed by atoms with Crippen LogP contribution in [0.5, 0.6) is 0 Å². The molecule has 0 saturated carbocycles. The van der Waals surface area contributed by atoms with Crippen molar-refractivity contribution in [1.29, 1.82) is 0 Å². The van der Waals surface area contributed by atoms with Crippen LogP contribution >= 0.6 is 28.1 Å². The number of nitrogens with one attached hydrogen (secondary N) is 1. The third-order valence-corrected chi connectivity index (χ3v) is 4.03. The van der Waals surface area contributed by atoms with E-state index >= 15 is 0 Å². The molecule has 20 heavy (non-hydrogen) atoms. The summed E-state index contributed by atoms with van der Waals surface area (Å²) in [5.41, 5.74) is 7.63. The quantitative estimate of drug-likeness (QED) is 0.603. The number of hydrogen-bond donors (Lipinski definition) is 2. The summed E-state index contributed by atoms with van der Waals surface area (Å²) in [4.78, 5) is 2.86. The SMILES string of the molecule is NC(=S)c1ccc(Br)cc1NCCCN1CCOCC1. The lowest BCUT2D eigenvalue weighted by Crippen LogP contribution is -2.37. The summed E-state index contributed by atoms with van der Waals surface area (Å²) in [6.45, 7) is 5.77. The van der Waals surface area contributed by atoms with E-state index in [0.29, 0.717) is 4.99 Å². The minimum absolute atomic E-state index is 0.424. The van der Waals surface area contributed by atoms with E-state index in [1.54, 1.807) is 0 Å². The Morgan fingerprint density at radius 3 is 2.85 bits per heavy atom. The molecule has 0 aliphatic carbocycles. The van der Waals surface area contributed by atoms with Crippen LogP contribution in [0, 0.1) is 0 Å². The van der Waals surface area contributed by atoms with Crippen molar-refractivity contribution in [2.45, 2.75) is 6.42 Å². The molecule has 4 nitrogen and oxygen atoms in total. The fourth-order valence-corrected chi connectivity index (χ4v) is 2.77. The Morgan fingerprint density at radius 1 is 1.40 bits per heavy atom. The van der Waals surface area contributed by atoms with E-state index in [1.165, 1.54) is 0 Å². The predicted molar refractivity (Wildman–Crippen MR) is 90.4 cm³/mol. The van der Waals surface area contributed by atoms with Crippen molar-refractivity contribution in [3.8, 4) is 0 Å². The number of nitrogens with two attached hydrogens (primary N) is 1. The van der Waals surface area contributed by atoms with Gasteiger partial charge in [-0.1, -0.05) is 28.1 Å². The standard InChI is InChI=1S/C14H20BrN3OS/c15-11-2-3-12(14(16)20)13(10-11)17-4-1-5-18-6-8-19-9-7-18/h2-3,10,17H,1,4-9H2,(H2,16,20). The van der Waals surface area contributed by atoms with Gasteiger partial charge in [0.25, 0.3) is 0 Å². The molecule has 0 bridgehead atoms. The molecule has 0 aromatic heterocycles. The Hall–Kier alpha value is -0.690. The van der Waals surface area contributed by atoms with E-state index in [4.69, 9.17) is 22.7 Å². The van der Waals surface area contributed by atoms with Crippen LogP contribution in [0.4, 0.5) is 5.69 Å². The predicted octanol–water partition coefficient (Wildman–Crippen LogP) is 2.22. The van der Waals surface area contributed by atoms with E-state index < -0.39 is 0 Å². The first-order chi connectivity index (χ1) is 9.66. The Kier molecular flexibility index (Phi) is 6.22. The van der Waals surface area contributed by atoms with Crippen LogP contribution < -0.4 is 11.1 Å². The van der Waals surface area contributed by atoms with Gasteiger partial charge in [-0.3, -0.25) is 4.90 Å². The van der Waals surface area contributed by atoms with Crippen molar-refractivity contribution in [1.82, 2.24) is 4.90 Å². The fourth-order valence-electron chi connectivity index (χ4n) is 2.23. The monoisotopic (exact) mass is 357 g/mol. The maximum atomic E-state index is 5.74. The molecule has 0 atom stereocenters. The molecule has 1 fully saturated rings. The number of nitrogens with zero attached hydrogens (tertiary/aromatic N) is 1. The lowest BCUT2D eigenvalue weighted by atomic mass is 10.1. The van der Waals surface area contributed by atoms with Gasteiger partial charge >= 0.3 is 0 Å². The number of ether oxygens (including phenoxy) is 1. The summed E-state index contributed by atoms with van der Waals surface area (Å²) in [7, 11) is 0. The molecule has 1 aromatic rings. The van der Waals surface area contributed by atoms with Gasteiger partial charge in [0, 0.05) is 35.4 Å². The molecule has 1 aliphatic rings. The molecule has 0 unspecified atom stereocenters. The largest absolute Gasteiger partial charge is 0.389 e. The Bertz CT molecular complexity index is 464. The maximum Gasteiger partial charge on any atom is 0.106 e. The molecular formula is C14H20BrN3OS. The Morgan fingerprint density at radius 2 is 2.15 bits per heavy atom. The second-order valence-corrected chi connectivity index (χ2v) is 6.14. The van der Waals surface area contributed by atoms with Crippen LogP contribution in [0.25, 0.3) is 0 Å². The van der Waals surface area contributed by atoms with Gasteiger partial charge in [-0.05, 0) is 31.2 Å². The zero-order valence-electron chi connectivity index (χ0n) is 11.4. The molecule has 1 heterocycles. The number of benzene rings is 1. The first kappa shape index (κ1) is 15.7. The average Bonchev–Trinajstić information content (AvgIpc) is 2.44. The minimum Gasteiger partial charge on any atom is -0.389 e. The van der Waals surface area contributed by atoms with Crippen molar-refractivity contribution in [3.63, 3.8) is 0 Å². The highest BCUT2D eigenvalue weighted by Crippen LogP contribution is 2.21. The molecule has 3 N–H and O–H groups in total. The number of hydrogen-bond acceptors (Lipinski definition) is 4. The fraction of sp³-hybridized carbons (Fsp3) is 0.500. The van der Waals surface area contributed by atoms with E-state index in [2.05, 4.69) is 26.1 Å². The first-order valence-electron chi connectivity index (χ1n) is 6.80. The topological polar surface area (TPSA) is 50.5 Å². The van der Waals surface area contributed by atoms with Crippen LogP contribution in [0.2, 0.25) is 0 Å². The van der Waals surface area contributed by atoms with Crippen molar-refractivity contribution in [3.05, 3.63) is 28.2 Å². The normalized spacial score (nSPS) is 16.1. The van der Waals surface area contributed by atoms with Gasteiger partial charge in [-0.15, -0.1) is 0 Å². The molecule has 1 aromatic carbocycles. The lowest BCUT2D eigenvalue weighted by molar-refractivity contribution is 0.0378. The Labute approximate surface area is 133 Å². The first-order valence-corrected chi connectivity index (χ1v) is 8.00. The molecular weight excluding hydrogens is 338 g/mol. The van der Waals surface area contributed by atoms with Crippen LogP contribution in [0.1, 0.15) is 12.0 Å². The molecule has 6 heteroatoms. The third-order valence-electron chi connectivity index (χ3n) is 3.32. The smallest absolute Gasteiger partial charge is 0.106 e. The Balaban J connectivity index is 1.81. The van der Waals surface area contributed by atoms with Gasteiger partial charge < -0.3 is 15.8 Å². The van der Waals surface area contributed by atoms with E-state index in [-0.39, 0.29) is 0 Å². The third kappa shape index (κ3) is 4.70. The number of halogens is 1. The summed E-state index contributed by atoms with van der Waals surface area (Å²) in [6.07, 6.45) is 1.09. The summed E-state index contributed by atoms with van der Waals surface area (Å²) in [6, 6.07) is 5.91.